The van der Waals surface area contributed by atoms with Gasteiger partial charge in [-0.05, 0) is 169 Å². The second-order valence-corrected chi connectivity index (χ2v) is 34.8. The molecule has 0 amide bonds. The quantitative estimate of drug-likeness (QED) is 0.00657. The highest BCUT2D eigenvalue weighted by Gasteiger charge is 2.35. The number of nitrogens with zero attached hydrogens (tertiary/aromatic N) is 21. The van der Waals surface area contributed by atoms with Crippen LogP contribution in [0.5, 0.6) is 17.2 Å². The van der Waals surface area contributed by atoms with Gasteiger partial charge >= 0.3 is 35.7 Å². The van der Waals surface area contributed by atoms with Crippen LogP contribution in [0.2, 0.25) is 0 Å². The third kappa shape index (κ3) is 21.5. The van der Waals surface area contributed by atoms with Gasteiger partial charge in [0.25, 0.3) is 0 Å². The van der Waals surface area contributed by atoms with Gasteiger partial charge in [0.1, 0.15) is 110 Å². The number of hydrogen-bond acceptors (Lipinski definition) is 24. The summed E-state index contributed by atoms with van der Waals surface area (Å²) in [6.07, 6.45) is 37.1. The van der Waals surface area contributed by atoms with Gasteiger partial charge in [0.05, 0.1) is 153 Å². The van der Waals surface area contributed by atoms with Gasteiger partial charge in [-0.15, -0.1) is 0 Å². The van der Waals surface area contributed by atoms with Crippen LogP contribution >= 0.6 is 0 Å². The van der Waals surface area contributed by atoms with Crippen molar-refractivity contribution in [2.75, 3.05) is 92.4 Å². The first-order valence-corrected chi connectivity index (χ1v) is 46.2. The number of aromatic nitrogens is 6. The summed E-state index contributed by atoms with van der Waals surface area (Å²) in [5.41, 5.74) is 63.9. The summed E-state index contributed by atoms with van der Waals surface area (Å²) >= 11 is 0. The number of fused-ring (bicyclic) bond motifs is 6. The Morgan fingerprint density at radius 2 is 0.601 bits per heavy atom. The van der Waals surface area contributed by atoms with E-state index in [1.807, 2.05) is 253 Å². The zero-order valence-corrected chi connectivity index (χ0v) is 78.4. The van der Waals surface area contributed by atoms with Crippen molar-refractivity contribution in [1.82, 2.24) is 13.7 Å². The molecule has 0 bridgehead atoms. The van der Waals surface area contributed by atoms with Crippen molar-refractivity contribution < 1.29 is 57.4 Å². The predicted octanol–water partition coefficient (Wildman–Crippen LogP) is 15.6. The summed E-state index contributed by atoms with van der Waals surface area (Å²) in [5.74, 6) is 5.08. The fourth-order valence-electron chi connectivity index (χ4n) is 17.3. The number of phenolic OH excluding ortho intramolecular Hbond substituents is 3. The van der Waals surface area contributed by atoms with E-state index in [1.165, 1.54) is 4.90 Å². The first-order chi connectivity index (χ1) is 66.9. The molecular formula is C102H120N33O3+9. The van der Waals surface area contributed by atoms with E-state index in [9.17, 15) is 15.3 Å². The van der Waals surface area contributed by atoms with Crippen LogP contribution in [0.1, 0.15) is 77.0 Å². The topological polar surface area (TPSA) is 492 Å². The highest BCUT2D eigenvalue weighted by Crippen LogP contribution is 2.43. The lowest BCUT2D eigenvalue weighted by Crippen LogP contribution is -3.09. The van der Waals surface area contributed by atoms with Crippen molar-refractivity contribution >= 4 is 186 Å². The molecule has 0 aliphatic carbocycles. The number of aryl methyl sites for hydroxylation is 6. The minimum atomic E-state index is 0.00306. The standard InChI is InChI=1S/C34H38N12.C34H37N11O.C34H36N10O2/c1-43-17-19-45(33(43)41-39-29-21-27(35)31(37)25-13-7-5-11-23(25)29)15-9-3-4-10-16-46-20-18-44(2)34(46)42-40-30-22-28(36)32(38)26-14-8-6-12-24(26)30;1-42-17-19-44(33(42)40-38-31-25-13-7-5-11-23(25)21-27(35)29(31)36)15-9-3-4-10-16-45-20-18-43(2)34(45)41-39-32-26-14-8-6-12-24(26)22-28(46)30(32)37;1-41-17-19-43(33(41)39-37-31-13-11-29(35)27-21-23(45)7-9-25(27)31)15-5-3-4-6-16-44-20-18-42(2)34(44)40-38-32-14-12-30(36)28-22-24(46)8-10-26(28)32/h5-8,11-14,17-22,37-38H,3-4,9-10,15-16H2,1-2H3,(H4,35,36,39,40);5-8,11-14,17-22,36-37H,3-4,9-10,15-16H2,1-2H3,(H3,35,38,39,46);7-14,17-22,35-36H,3-6,15-16H2,1-2H3,(H2,37,38,45,46)/p+9. The van der Waals surface area contributed by atoms with Crippen LogP contribution in [-0.4, -0.2) is 101 Å². The van der Waals surface area contributed by atoms with Crippen molar-refractivity contribution in [1.29, 1.82) is 0 Å². The summed E-state index contributed by atoms with van der Waals surface area (Å²) < 4.78 is 18.2. The molecule has 138 heavy (non-hydrogen) atoms. The number of benzene rings is 12. The van der Waals surface area contributed by atoms with E-state index >= 15 is 0 Å². The molecule has 36 nitrogen and oxygen atoms in total. The van der Waals surface area contributed by atoms with Gasteiger partial charge in [0, 0.05) is 80.6 Å². The van der Waals surface area contributed by atoms with Crippen LogP contribution in [0.3, 0.4) is 0 Å². The summed E-state index contributed by atoms with van der Waals surface area (Å²) in [5, 5.41) is 95.4. The average molecular weight is 1860 g/mol. The summed E-state index contributed by atoms with van der Waals surface area (Å²) in [7, 11) is 11.8. The first kappa shape index (κ1) is 94.3. The number of quaternary nitrogens is 3. The van der Waals surface area contributed by atoms with Gasteiger partial charge in [-0.2, -0.15) is 28.4 Å². The van der Waals surface area contributed by atoms with E-state index in [1.54, 1.807) is 54.6 Å². The number of rotatable bonds is 30. The molecule has 0 fully saturated rings. The maximum absolute atomic E-state index is 10.3. The maximum Gasteiger partial charge on any atom is 0.524 e. The maximum atomic E-state index is 10.3. The molecule has 0 saturated carbocycles. The molecule has 3 aliphatic rings. The number of nitrogen functional groups attached to an aromatic ring is 9. The van der Waals surface area contributed by atoms with E-state index in [4.69, 9.17) is 51.6 Å². The molecule has 0 saturated heterocycles. The molecule has 6 heterocycles. The van der Waals surface area contributed by atoms with Crippen LogP contribution in [0.4, 0.5) is 103 Å². The lowest BCUT2D eigenvalue weighted by Gasteiger charge is -2.07. The van der Waals surface area contributed by atoms with Crippen LogP contribution < -0.4 is 80.0 Å². The Morgan fingerprint density at radius 1 is 0.275 bits per heavy atom. The molecule has 3 unspecified atom stereocenters. The van der Waals surface area contributed by atoms with E-state index < -0.39 is 0 Å². The second-order valence-electron chi connectivity index (χ2n) is 34.8. The van der Waals surface area contributed by atoms with Gasteiger partial charge < -0.3 is 66.9 Å². The summed E-state index contributed by atoms with van der Waals surface area (Å²) in [6, 6.07) is 55.8. The molecule has 3 aliphatic heterocycles. The molecule has 702 valence electrons. The number of aromatic hydroxyl groups is 3. The normalized spacial score (nSPS) is 15.0. The largest absolute Gasteiger partial charge is 0.524 e. The molecule has 24 N–H and O–H groups in total. The molecule has 15 aromatic rings. The van der Waals surface area contributed by atoms with Gasteiger partial charge in [0.15, 0.2) is 0 Å². The van der Waals surface area contributed by atoms with Gasteiger partial charge in [0.2, 0.25) is 0 Å². The summed E-state index contributed by atoms with van der Waals surface area (Å²) in [6.45, 7) is 5.24. The SMILES string of the molecule is C[N+]1=C(N=Nc2c(N)c(O)cc3ccccc23)[NH+](CCCCCCn2cc[n+](C)c2N=Nc2c(N)c(N)cc3ccccc23)C=C1.C[N+]1=C(N=Nc2cc(N)c(N)c3ccccc23)[NH+](CCCCCCn2cc[n+](C)c2N=Nc2cc(N)c(N)c3ccccc23)C=C1.C[N+]1=C(N=Nc2ccc(N)c3cc(O)ccc23)[NH+](CCCCCCn2cc[n+](C)c2N=Nc2ccc(N)c3cc(O)ccc23)C=C1. The Labute approximate surface area is 797 Å². The fourth-order valence-corrected chi connectivity index (χ4v) is 17.3. The Balaban J connectivity index is 0.000000150. The Bertz CT molecular complexity index is 7510. The molecule has 0 radical (unpaired) electrons. The first-order valence-electron chi connectivity index (χ1n) is 46.2. The molecule has 3 aromatic heterocycles. The molecule has 18 rings (SSSR count). The minimum Gasteiger partial charge on any atom is -0.508 e. The monoisotopic (exact) mass is 1860 g/mol. The zero-order chi connectivity index (χ0) is 96.6. The van der Waals surface area contributed by atoms with Gasteiger partial charge in [-0.1, -0.05) is 132 Å². The predicted molar refractivity (Wildman–Crippen MR) is 545 cm³/mol. The molecule has 36 heteroatoms. The van der Waals surface area contributed by atoms with E-state index in [0.717, 1.165) is 226 Å². The molecule has 0 spiro atoms. The Kier molecular flexibility index (Phi) is 29.4. The number of nitrogens with one attached hydrogen (secondary N) is 3. The van der Waals surface area contributed by atoms with E-state index in [-0.39, 0.29) is 22.9 Å². The number of guanidine groups is 3. The molecule has 3 atom stereocenters. The van der Waals surface area contributed by atoms with Crippen molar-refractivity contribution in [3.8, 4) is 17.2 Å². The van der Waals surface area contributed by atoms with Crippen molar-refractivity contribution in [3.63, 3.8) is 0 Å². The number of imidazole rings is 3. The molecule has 12 aromatic carbocycles. The number of phenols is 3. The van der Waals surface area contributed by atoms with Crippen molar-refractivity contribution in [2.45, 2.75) is 96.7 Å². The molecular weight excluding hydrogens is 1740 g/mol. The van der Waals surface area contributed by atoms with Crippen molar-refractivity contribution in [2.24, 2.45) is 82.5 Å². The van der Waals surface area contributed by atoms with Crippen molar-refractivity contribution in [3.05, 3.63) is 256 Å². The average Bonchev–Trinajstić information content (AvgIpc) is 1.72. The third-order valence-corrected chi connectivity index (χ3v) is 25.1. The number of unbranched alkanes of at least 4 members (excludes halogenated alkanes) is 9. The van der Waals surface area contributed by atoms with Crippen LogP contribution in [-0.2, 0) is 40.8 Å². The smallest absolute Gasteiger partial charge is 0.508 e. The second kappa shape index (κ2) is 43.0. The number of azo groups is 6. The lowest BCUT2D eigenvalue weighted by atomic mass is 10.1. The van der Waals surface area contributed by atoms with Crippen LogP contribution in [0.15, 0.2) is 318 Å². The Hall–Kier alpha value is -16.9. The third-order valence-electron chi connectivity index (χ3n) is 25.1. The van der Waals surface area contributed by atoms with Gasteiger partial charge in [-0.25, -0.2) is 27.4 Å². The van der Waals surface area contributed by atoms with Crippen LogP contribution in [0.25, 0.3) is 64.6 Å². The van der Waals surface area contributed by atoms with Gasteiger partial charge in [-0.3, -0.25) is 0 Å². The highest BCUT2D eigenvalue weighted by molar-refractivity contribution is 6.08. The number of hydrogen-bond donors (Lipinski definition) is 15. The minimum absolute atomic E-state index is 0.00306. The summed E-state index contributed by atoms with van der Waals surface area (Å²) in [4.78, 5) is 3.46. The fraction of sp³-hybridized carbons (Fsp3) is 0.235. The van der Waals surface area contributed by atoms with E-state index in [2.05, 4.69) is 93.7 Å². The van der Waals surface area contributed by atoms with Crippen LogP contribution in [0, 0.1) is 0 Å². The number of anilines is 9. The zero-order valence-electron chi connectivity index (χ0n) is 78.4. The number of nitrogens with two attached hydrogens (primary N) is 9. The highest BCUT2D eigenvalue weighted by atomic mass is 16.3. The lowest BCUT2D eigenvalue weighted by molar-refractivity contribution is -0.760. The Morgan fingerprint density at radius 3 is 1.03 bits per heavy atom. The van der Waals surface area contributed by atoms with E-state index in [0.29, 0.717) is 79.6 Å².